The van der Waals surface area contributed by atoms with Crippen LogP contribution in [-0.2, 0) is 6.42 Å². The van der Waals surface area contributed by atoms with Gasteiger partial charge in [0.1, 0.15) is 0 Å². The number of nitrogens with two attached hydrogens (primary N) is 2. The molecule has 0 spiro atoms. The van der Waals surface area contributed by atoms with Gasteiger partial charge < -0.3 is 16.8 Å². The van der Waals surface area contributed by atoms with Crippen molar-refractivity contribution in [3.63, 3.8) is 0 Å². The van der Waals surface area contributed by atoms with Crippen LogP contribution in [0.4, 0.5) is 0 Å². The lowest BCUT2D eigenvalue weighted by Crippen LogP contribution is -2.41. The topological polar surface area (TPSA) is 93.5 Å². The lowest BCUT2D eigenvalue weighted by molar-refractivity contribution is 0.0942. The Morgan fingerprint density at radius 2 is 2.08 bits per heavy atom. The zero-order valence-electron chi connectivity index (χ0n) is 14.8. The number of thiophene rings is 1. The second-order valence-electron chi connectivity index (χ2n) is 5.76. The fourth-order valence-electron chi connectivity index (χ4n) is 2.61. The molecule has 0 radical (unpaired) electrons. The predicted octanol–water partition coefficient (Wildman–Crippen LogP) is 2.81. The van der Waals surface area contributed by atoms with E-state index < -0.39 is 0 Å². The van der Waals surface area contributed by atoms with Crippen LogP contribution >= 0.6 is 22.9 Å². The van der Waals surface area contributed by atoms with E-state index in [0.29, 0.717) is 28.6 Å². The minimum absolute atomic E-state index is 0.136. The van der Waals surface area contributed by atoms with Crippen LogP contribution in [-0.4, -0.2) is 31.3 Å². The van der Waals surface area contributed by atoms with Crippen molar-refractivity contribution in [2.75, 3.05) is 13.6 Å². The summed E-state index contributed by atoms with van der Waals surface area (Å²) >= 11 is 7.51. The molecule has 0 aliphatic carbocycles. The van der Waals surface area contributed by atoms with Gasteiger partial charge >= 0.3 is 0 Å². The Morgan fingerprint density at radius 1 is 1.38 bits per heavy atom. The first kappa shape index (κ1) is 20.2. The van der Waals surface area contributed by atoms with Crippen molar-refractivity contribution in [1.29, 1.82) is 0 Å². The maximum absolute atomic E-state index is 12.7. The first-order chi connectivity index (χ1) is 12.5. The molecule has 1 aromatic heterocycles. The summed E-state index contributed by atoms with van der Waals surface area (Å²) in [5.41, 5.74) is 13.8. The fourth-order valence-corrected chi connectivity index (χ4v) is 3.72. The fraction of sp³-hybridized carbons (Fsp3) is 0.263. The Kier molecular flexibility index (Phi) is 7.38. The van der Waals surface area contributed by atoms with Gasteiger partial charge in [0.25, 0.3) is 5.91 Å². The van der Waals surface area contributed by atoms with Crippen LogP contribution in [0, 0.1) is 6.92 Å². The molecule has 138 valence electrons. The summed E-state index contributed by atoms with van der Waals surface area (Å²) in [5, 5.41) is 3.36. The van der Waals surface area contributed by atoms with Crippen molar-refractivity contribution < 1.29 is 4.79 Å². The molecule has 0 bridgehead atoms. The molecule has 5 N–H and O–H groups in total. The summed E-state index contributed by atoms with van der Waals surface area (Å²) in [6.45, 7) is 2.29. The highest BCUT2D eigenvalue weighted by Gasteiger charge is 2.19. The number of amides is 1. The van der Waals surface area contributed by atoms with Gasteiger partial charge in [-0.25, -0.2) is 0 Å². The van der Waals surface area contributed by atoms with Crippen molar-refractivity contribution >= 4 is 34.6 Å². The van der Waals surface area contributed by atoms with Crippen LogP contribution in [0.15, 0.2) is 52.6 Å². The molecule has 0 aliphatic heterocycles. The number of hydrogen-bond donors (Lipinski definition) is 3. The Morgan fingerprint density at radius 3 is 2.65 bits per heavy atom. The van der Waals surface area contributed by atoms with E-state index in [0.717, 1.165) is 16.0 Å². The quantitative estimate of drug-likeness (QED) is 0.634. The van der Waals surface area contributed by atoms with Crippen LogP contribution in [0.5, 0.6) is 0 Å². The molecule has 5 nitrogen and oxygen atoms in total. The summed E-state index contributed by atoms with van der Waals surface area (Å²) in [6, 6.07) is 11.6. The highest BCUT2D eigenvalue weighted by atomic mass is 35.5. The number of nitrogens with one attached hydrogen (secondary N) is 1. The lowest BCUT2D eigenvalue weighted by atomic mass is 10.1. The standard InChI is InChI=1S/C19H23ClN4OS/c1-12-15(18(23-2)16(20)11-22)9-17(26-12)19(25)24-14(10-21)8-13-6-4-3-5-7-13/h3-7,9,11,14H,8,10,21-22H2,1-2H3,(H,24,25). The average molecular weight is 391 g/mol. The normalized spacial score (nSPS) is 13.5. The number of halogens is 1. The zero-order chi connectivity index (χ0) is 19.1. The Hall–Kier alpha value is -2.15. The van der Waals surface area contributed by atoms with Crippen molar-refractivity contribution in [3.8, 4) is 0 Å². The van der Waals surface area contributed by atoms with E-state index in [1.165, 1.54) is 17.5 Å². The van der Waals surface area contributed by atoms with Gasteiger partial charge in [0, 0.05) is 36.3 Å². The second kappa shape index (κ2) is 9.52. The van der Waals surface area contributed by atoms with Gasteiger partial charge in [-0.3, -0.25) is 9.79 Å². The van der Waals surface area contributed by atoms with Gasteiger partial charge in [-0.1, -0.05) is 41.9 Å². The molecule has 2 aromatic rings. The van der Waals surface area contributed by atoms with Crippen LogP contribution in [0.25, 0.3) is 0 Å². The molecule has 7 heteroatoms. The van der Waals surface area contributed by atoms with E-state index in [1.54, 1.807) is 13.1 Å². The molecule has 26 heavy (non-hydrogen) atoms. The van der Waals surface area contributed by atoms with Gasteiger partial charge in [-0.05, 0) is 25.0 Å². The van der Waals surface area contributed by atoms with Crippen molar-refractivity contribution in [1.82, 2.24) is 5.32 Å². The number of benzene rings is 1. The minimum Gasteiger partial charge on any atom is -0.403 e. The van der Waals surface area contributed by atoms with Crippen LogP contribution < -0.4 is 16.8 Å². The molecule has 0 fully saturated rings. The van der Waals surface area contributed by atoms with E-state index in [2.05, 4.69) is 10.3 Å². The monoisotopic (exact) mass is 390 g/mol. The SMILES string of the molecule is CN=C(C(Cl)=CN)c1cc(C(=O)NC(CN)Cc2ccccc2)sc1C. The van der Waals surface area contributed by atoms with E-state index in [4.69, 9.17) is 23.1 Å². The number of allylic oxidation sites excluding steroid dienone is 1. The van der Waals surface area contributed by atoms with E-state index in [9.17, 15) is 4.79 Å². The first-order valence-electron chi connectivity index (χ1n) is 8.20. The highest BCUT2D eigenvalue weighted by molar-refractivity contribution is 7.14. The van der Waals surface area contributed by atoms with Gasteiger partial charge in [0.15, 0.2) is 0 Å². The molecule has 0 saturated heterocycles. The number of carbonyl (C=O) groups excluding carboxylic acids is 1. The molecule has 0 saturated carbocycles. The summed E-state index contributed by atoms with van der Waals surface area (Å²) < 4.78 is 0. The minimum atomic E-state index is -0.154. The number of carbonyl (C=O) groups is 1. The maximum atomic E-state index is 12.7. The number of rotatable bonds is 7. The summed E-state index contributed by atoms with van der Waals surface area (Å²) in [4.78, 5) is 18.4. The maximum Gasteiger partial charge on any atom is 0.261 e. The summed E-state index contributed by atoms with van der Waals surface area (Å²) in [5.74, 6) is -0.154. The molecule has 1 heterocycles. The average Bonchev–Trinajstić information content (AvgIpc) is 3.04. The Balaban J connectivity index is 2.15. The van der Waals surface area contributed by atoms with Crippen LogP contribution in [0.1, 0.15) is 25.7 Å². The van der Waals surface area contributed by atoms with Crippen molar-refractivity contribution in [3.05, 3.63) is 68.5 Å². The summed E-state index contributed by atoms with van der Waals surface area (Å²) in [7, 11) is 1.64. The molecular formula is C19H23ClN4OS. The molecular weight excluding hydrogens is 368 g/mol. The van der Waals surface area contributed by atoms with Crippen molar-refractivity contribution in [2.45, 2.75) is 19.4 Å². The van der Waals surface area contributed by atoms with Gasteiger partial charge in [0.2, 0.25) is 0 Å². The highest BCUT2D eigenvalue weighted by Crippen LogP contribution is 2.25. The largest absolute Gasteiger partial charge is 0.403 e. The van der Waals surface area contributed by atoms with Crippen LogP contribution in [0.2, 0.25) is 0 Å². The Labute approximate surface area is 162 Å². The number of nitrogens with zero attached hydrogens (tertiary/aromatic N) is 1. The zero-order valence-corrected chi connectivity index (χ0v) is 16.4. The number of aliphatic imine (C=N–C) groups is 1. The van der Waals surface area contributed by atoms with Gasteiger partial charge in [-0.15, -0.1) is 11.3 Å². The van der Waals surface area contributed by atoms with Gasteiger partial charge in [-0.2, -0.15) is 0 Å². The lowest BCUT2D eigenvalue weighted by Gasteiger charge is -2.16. The molecule has 1 aromatic carbocycles. The molecule has 0 aliphatic rings. The van der Waals surface area contributed by atoms with E-state index in [1.807, 2.05) is 37.3 Å². The molecule has 2 rings (SSSR count). The summed E-state index contributed by atoms with van der Waals surface area (Å²) in [6.07, 6.45) is 1.98. The van der Waals surface area contributed by atoms with E-state index in [-0.39, 0.29) is 11.9 Å². The van der Waals surface area contributed by atoms with Crippen LogP contribution in [0.3, 0.4) is 0 Å². The van der Waals surface area contributed by atoms with Gasteiger partial charge in [0.05, 0.1) is 15.6 Å². The third-order valence-corrected chi connectivity index (χ3v) is 5.29. The number of aryl methyl sites for hydroxylation is 1. The third kappa shape index (κ3) is 4.94. The Bertz CT molecular complexity index is 814. The molecule has 1 atom stereocenters. The molecule has 1 amide bonds. The second-order valence-corrected chi connectivity index (χ2v) is 7.43. The predicted molar refractivity (Wildman–Crippen MR) is 110 cm³/mol. The third-order valence-electron chi connectivity index (χ3n) is 3.94. The first-order valence-corrected chi connectivity index (χ1v) is 9.39. The number of hydrogen-bond acceptors (Lipinski definition) is 5. The smallest absolute Gasteiger partial charge is 0.261 e. The molecule has 1 unspecified atom stereocenters. The van der Waals surface area contributed by atoms with Crippen molar-refractivity contribution in [2.24, 2.45) is 16.5 Å². The van der Waals surface area contributed by atoms with E-state index >= 15 is 0 Å².